The van der Waals surface area contributed by atoms with E-state index >= 15 is 0 Å². The summed E-state index contributed by atoms with van der Waals surface area (Å²) < 4.78 is 18.7. The third-order valence-corrected chi connectivity index (χ3v) is 5.83. The molecule has 2 aromatic carbocycles. The Labute approximate surface area is 210 Å². The van der Waals surface area contributed by atoms with Gasteiger partial charge in [-0.25, -0.2) is 9.18 Å². The van der Waals surface area contributed by atoms with E-state index in [-0.39, 0.29) is 24.0 Å². The van der Waals surface area contributed by atoms with Crippen molar-refractivity contribution in [2.24, 2.45) is 0 Å². The summed E-state index contributed by atoms with van der Waals surface area (Å²) in [6, 6.07) is 10.8. The van der Waals surface area contributed by atoms with Crippen LogP contribution in [0.1, 0.15) is 44.7 Å². The number of carbonyl (C=O) groups excluding carboxylic acids is 3. The highest BCUT2D eigenvalue weighted by Crippen LogP contribution is 2.20. The second-order valence-electron chi connectivity index (χ2n) is 9.93. The summed E-state index contributed by atoms with van der Waals surface area (Å²) in [7, 11) is 0. The molecule has 1 saturated heterocycles. The molecule has 0 spiro atoms. The second-order valence-corrected chi connectivity index (χ2v) is 9.93. The highest BCUT2D eigenvalue weighted by molar-refractivity contribution is 5.92. The molecule has 3 N–H and O–H groups in total. The monoisotopic (exact) mass is 499 g/mol. The number of rotatable bonds is 8. The Morgan fingerprint density at radius 3 is 2.36 bits per heavy atom. The van der Waals surface area contributed by atoms with Gasteiger partial charge in [0.15, 0.2) is 0 Å². The third kappa shape index (κ3) is 7.96. The van der Waals surface area contributed by atoms with Gasteiger partial charge < -0.3 is 25.4 Å². The third-order valence-electron chi connectivity index (χ3n) is 5.83. The van der Waals surface area contributed by atoms with Crippen LogP contribution >= 0.6 is 0 Å². The molecule has 0 aromatic heterocycles. The van der Waals surface area contributed by atoms with Gasteiger partial charge in [0.05, 0.1) is 0 Å². The Bertz CT molecular complexity index is 1050. The topological polar surface area (TPSA) is 108 Å². The van der Waals surface area contributed by atoms with Crippen molar-refractivity contribution in [3.63, 3.8) is 0 Å². The number of amides is 3. The second kappa shape index (κ2) is 11.9. The zero-order chi connectivity index (χ0) is 26.3. The van der Waals surface area contributed by atoms with Crippen molar-refractivity contribution in [1.29, 1.82) is 0 Å². The van der Waals surface area contributed by atoms with Crippen LogP contribution in [-0.4, -0.2) is 58.7 Å². The number of ether oxygens (including phenoxy) is 1. The predicted octanol–water partition coefficient (Wildman–Crippen LogP) is 3.32. The molecule has 1 aliphatic heterocycles. The highest BCUT2D eigenvalue weighted by Gasteiger charge is 2.38. The minimum Gasteiger partial charge on any atom is -0.508 e. The molecule has 194 valence electrons. The summed E-state index contributed by atoms with van der Waals surface area (Å²) in [6.45, 7) is 5.95. The molecule has 1 heterocycles. The predicted molar refractivity (Wildman–Crippen MR) is 133 cm³/mol. The maximum absolute atomic E-state index is 13.5. The largest absolute Gasteiger partial charge is 0.508 e. The SMILES string of the molecule is CC(C)(C)OC(=O)N[C@@H](Cc1ccc(F)cc1)C(=O)N1CCC[C@H]1C(=O)NCCc1ccc(O)cc1. The summed E-state index contributed by atoms with van der Waals surface area (Å²) >= 11 is 0. The number of alkyl carbamates (subject to hydrolysis) is 1. The van der Waals surface area contributed by atoms with E-state index in [1.807, 2.05) is 0 Å². The van der Waals surface area contributed by atoms with Gasteiger partial charge in [0.25, 0.3) is 0 Å². The number of halogens is 1. The lowest BCUT2D eigenvalue weighted by Gasteiger charge is -2.29. The minimum atomic E-state index is -0.976. The van der Waals surface area contributed by atoms with E-state index in [4.69, 9.17) is 4.74 Å². The Kier molecular flexibility index (Phi) is 8.90. The zero-order valence-electron chi connectivity index (χ0n) is 20.9. The molecule has 2 aromatic rings. The zero-order valence-corrected chi connectivity index (χ0v) is 20.9. The summed E-state index contributed by atoms with van der Waals surface area (Å²) in [4.78, 5) is 40.5. The van der Waals surface area contributed by atoms with E-state index in [0.29, 0.717) is 37.9 Å². The first kappa shape index (κ1) is 27.0. The number of hydrogen-bond donors (Lipinski definition) is 3. The molecule has 0 saturated carbocycles. The molecule has 2 atom stereocenters. The van der Waals surface area contributed by atoms with Crippen molar-refractivity contribution in [3.8, 4) is 5.75 Å². The number of phenols is 1. The fourth-order valence-electron chi connectivity index (χ4n) is 4.12. The lowest BCUT2D eigenvalue weighted by molar-refractivity contribution is -0.140. The number of carbonyl (C=O) groups is 3. The van der Waals surface area contributed by atoms with Crippen molar-refractivity contribution in [3.05, 3.63) is 65.5 Å². The average molecular weight is 500 g/mol. The molecule has 0 radical (unpaired) electrons. The van der Waals surface area contributed by atoms with Crippen LogP contribution < -0.4 is 10.6 Å². The van der Waals surface area contributed by atoms with Crippen molar-refractivity contribution in [2.45, 2.75) is 64.1 Å². The lowest BCUT2D eigenvalue weighted by atomic mass is 10.0. The summed E-state index contributed by atoms with van der Waals surface area (Å²) in [5, 5.41) is 14.9. The highest BCUT2D eigenvalue weighted by atomic mass is 19.1. The standard InChI is InChI=1S/C27H34FN3O5/c1-27(2,3)36-26(35)30-22(17-19-6-10-20(28)11-7-19)25(34)31-16-4-5-23(31)24(33)29-15-14-18-8-12-21(32)13-9-18/h6-13,22-23,32H,4-5,14-17H2,1-3H3,(H,29,33)(H,30,35)/t22-,23-/m0/s1. The molecule has 0 bridgehead atoms. The molecule has 0 unspecified atom stereocenters. The number of benzene rings is 2. The van der Waals surface area contributed by atoms with Gasteiger partial charge in [-0.05, 0) is 75.4 Å². The molecule has 1 aliphatic rings. The van der Waals surface area contributed by atoms with Crippen LogP contribution in [0.3, 0.4) is 0 Å². The van der Waals surface area contributed by atoms with Crippen LogP contribution in [0.15, 0.2) is 48.5 Å². The molecule has 0 aliphatic carbocycles. The van der Waals surface area contributed by atoms with Crippen LogP contribution in [0.4, 0.5) is 9.18 Å². The fraction of sp³-hybridized carbons (Fsp3) is 0.444. The first-order valence-corrected chi connectivity index (χ1v) is 12.1. The van der Waals surface area contributed by atoms with E-state index in [2.05, 4.69) is 10.6 Å². The van der Waals surface area contributed by atoms with Crippen LogP contribution in [0.5, 0.6) is 5.75 Å². The van der Waals surface area contributed by atoms with E-state index in [9.17, 15) is 23.9 Å². The number of hydrogen-bond acceptors (Lipinski definition) is 5. The van der Waals surface area contributed by atoms with Crippen LogP contribution in [-0.2, 0) is 27.2 Å². The summed E-state index contributed by atoms with van der Waals surface area (Å²) in [5.41, 5.74) is 0.884. The van der Waals surface area contributed by atoms with Crippen molar-refractivity contribution < 1.29 is 28.6 Å². The van der Waals surface area contributed by atoms with E-state index < -0.39 is 29.6 Å². The molecular weight excluding hydrogens is 465 g/mol. The fourth-order valence-corrected chi connectivity index (χ4v) is 4.12. The van der Waals surface area contributed by atoms with Gasteiger partial charge in [0, 0.05) is 19.5 Å². The van der Waals surface area contributed by atoms with Gasteiger partial charge in [-0.2, -0.15) is 0 Å². The maximum atomic E-state index is 13.5. The van der Waals surface area contributed by atoms with Crippen LogP contribution in [0.2, 0.25) is 0 Å². The first-order chi connectivity index (χ1) is 17.0. The van der Waals surface area contributed by atoms with Gasteiger partial charge >= 0.3 is 6.09 Å². The Balaban J connectivity index is 1.67. The quantitative estimate of drug-likeness (QED) is 0.517. The molecular formula is C27H34FN3O5. The number of nitrogens with one attached hydrogen (secondary N) is 2. The van der Waals surface area contributed by atoms with Gasteiger partial charge in [0.1, 0.15) is 29.3 Å². The molecule has 1 fully saturated rings. The maximum Gasteiger partial charge on any atom is 0.408 e. The first-order valence-electron chi connectivity index (χ1n) is 12.1. The molecule has 36 heavy (non-hydrogen) atoms. The number of likely N-dealkylation sites (tertiary alicyclic amines) is 1. The molecule has 3 rings (SSSR count). The smallest absolute Gasteiger partial charge is 0.408 e. The Morgan fingerprint density at radius 2 is 1.72 bits per heavy atom. The minimum absolute atomic E-state index is 0.129. The summed E-state index contributed by atoms with van der Waals surface area (Å²) in [5.74, 6) is -0.859. The normalized spacial score (nSPS) is 16.3. The summed E-state index contributed by atoms with van der Waals surface area (Å²) in [6.07, 6.45) is 1.16. The van der Waals surface area contributed by atoms with Crippen molar-refractivity contribution in [2.75, 3.05) is 13.1 Å². The molecule has 3 amide bonds. The van der Waals surface area contributed by atoms with Gasteiger partial charge in [-0.3, -0.25) is 9.59 Å². The number of phenolic OH excluding ortho intramolecular Hbond substituents is 1. The van der Waals surface area contributed by atoms with E-state index in [0.717, 1.165) is 5.56 Å². The number of nitrogens with zero attached hydrogens (tertiary/aromatic N) is 1. The van der Waals surface area contributed by atoms with E-state index in [1.165, 1.54) is 17.0 Å². The molecule has 8 nitrogen and oxygen atoms in total. The Morgan fingerprint density at radius 1 is 1.08 bits per heavy atom. The Hall–Kier alpha value is -3.62. The number of aromatic hydroxyl groups is 1. The molecule has 9 heteroatoms. The van der Waals surface area contributed by atoms with Gasteiger partial charge in [-0.15, -0.1) is 0 Å². The van der Waals surface area contributed by atoms with Gasteiger partial charge in [0.2, 0.25) is 11.8 Å². The average Bonchev–Trinajstić information content (AvgIpc) is 3.30. The van der Waals surface area contributed by atoms with Gasteiger partial charge in [-0.1, -0.05) is 24.3 Å². The van der Waals surface area contributed by atoms with Crippen LogP contribution in [0.25, 0.3) is 0 Å². The van der Waals surface area contributed by atoms with Crippen molar-refractivity contribution in [1.82, 2.24) is 15.5 Å². The van der Waals surface area contributed by atoms with Crippen LogP contribution in [0, 0.1) is 5.82 Å². The van der Waals surface area contributed by atoms with E-state index in [1.54, 1.807) is 57.2 Å². The lowest BCUT2D eigenvalue weighted by Crippen LogP contribution is -2.54. The van der Waals surface area contributed by atoms with Crippen molar-refractivity contribution >= 4 is 17.9 Å².